The largest absolute Gasteiger partial charge is 0.483 e. The summed E-state index contributed by atoms with van der Waals surface area (Å²) >= 11 is 11.8. The molecule has 0 aliphatic heterocycles. The Labute approximate surface area is 198 Å². The lowest BCUT2D eigenvalue weighted by Gasteiger charge is -2.10. The zero-order valence-electron chi connectivity index (χ0n) is 16.8. The van der Waals surface area contributed by atoms with Crippen LogP contribution in [-0.2, 0) is 4.79 Å². The van der Waals surface area contributed by atoms with E-state index in [9.17, 15) is 19.7 Å². The van der Waals surface area contributed by atoms with E-state index >= 15 is 0 Å². The Bertz CT molecular complexity index is 1220. The van der Waals surface area contributed by atoms with Crippen molar-refractivity contribution in [2.45, 2.75) is 0 Å². The van der Waals surface area contributed by atoms with Crippen molar-refractivity contribution in [3.05, 3.63) is 98.0 Å². The second-order valence-electron chi connectivity index (χ2n) is 6.53. The van der Waals surface area contributed by atoms with Crippen LogP contribution in [0.5, 0.6) is 5.75 Å². The first-order valence-electron chi connectivity index (χ1n) is 9.37. The van der Waals surface area contributed by atoms with Gasteiger partial charge in [0.1, 0.15) is 5.75 Å². The molecule has 0 aliphatic rings. The van der Waals surface area contributed by atoms with Crippen molar-refractivity contribution < 1.29 is 19.2 Å². The van der Waals surface area contributed by atoms with Crippen LogP contribution >= 0.6 is 23.2 Å². The summed E-state index contributed by atoms with van der Waals surface area (Å²) in [6.45, 7) is -0.287. The first-order valence-corrected chi connectivity index (χ1v) is 10.1. The normalized spacial score (nSPS) is 10.6. The van der Waals surface area contributed by atoms with E-state index < -0.39 is 16.7 Å². The molecule has 0 bridgehead atoms. The molecule has 2 amide bonds. The highest BCUT2D eigenvalue weighted by Gasteiger charge is 2.11. The zero-order chi connectivity index (χ0) is 23.8. The van der Waals surface area contributed by atoms with Gasteiger partial charge in [0.15, 0.2) is 6.61 Å². The highest BCUT2D eigenvalue weighted by atomic mass is 35.5. The summed E-state index contributed by atoms with van der Waals surface area (Å²) < 4.78 is 5.56. The van der Waals surface area contributed by atoms with Gasteiger partial charge < -0.3 is 10.1 Å². The first kappa shape index (κ1) is 23.7. The van der Waals surface area contributed by atoms with Gasteiger partial charge in [-0.25, -0.2) is 5.43 Å². The number of hydrogen-bond donors (Lipinski definition) is 2. The zero-order valence-corrected chi connectivity index (χ0v) is 18.3. The highest BCUT2D eigenvalue weighted by Crippen LogP contribution is 2.22. The monoisotopic (exact) mass is 486 g/mol. The fraction of sp³-hybridized carbons (Fsp3) is 0.0455. The van der Waals surface area contributed by atoms with Crippen molar-refractivity contribution in [3.8, 4) is 5.75 Å². The summed E-state index contributed by atoms with van der Waals surface area (Å²) in [7, 11) is 0. The van der Waals surface area contributed by atoms with Crippen LogP contribution in [0.25, 0.3) is 0 Å². The summed E-state index contributed by atoms with van der Waals surface area (Å²) in [5, 5.41) is 18.3. The van der Waals surface area contributed by atoms with Crippen molar-refractivity contribution in [1.29, 1.82) is 0 Å². The molecule has 3 aromatic rings. The van der Waals surface area contributed by atoms with Gasteiger partial charge in [-0.1, -0.05) is 29.3 Å². The number of rotatable bonds is 8. The van der Waals surface area contributed by atoms with Crippen molar-refractivity contribution in [2.24, 2.45) is 5.10 Å². The maximum absolute atomic E-state index is 12.2. The molecular formula is C22H16Cl2N4O5. The van der Waals surface area contributed by atoms with Crippen LogP contribution in [0, 0.1) is 10.1 Å². The molecule has 0 fully saturated rings. The molecule has 0 unspecified atom stereocenters. The minimum atomic E-state index is -0.637. The van der Waals surface area contributed by atoms with E-state index in [1.54, 1.807) is 36.4 Å². The van der Waals surface area contributed by atoms with Gasteiger partial charge in [-0.3, -0.25) is 19.7 Å². The number of nitrogens with one attached hydrogen (secondary N) is 2. The number of nitro groups is 1. The molecule has 0 heterocycles. The van der Waals surface area contributed by atoms with Crippen molar-refractivity contribution in [2.75, 3.05) is 11.9 Å². The molecule has 0 radical (unpaired) electrons. The Hall–Kier alpha value is -3.95. The van der Waals surface area contributed by atoms with Crippen LogP contribution in [0.4, 0.5) is 11.4 Å². The predicted molar refractivity (Wildman–Crippen MR) is 125 cm³/mol. The number of carbonyl (C=O) groups is 2. The molecule has 0 saturated carbocycles. The second-order valence-corrected chi connectivity index (χ2v) is 7.41. The Balaban J connectivity index is 1.63. The van der Waals surface area contributed by atoms with Crippen LogP contribution in [0.15, 0.2) is 71.8 Å². The number of ether oxygens (including phenoxy) is 1. The average molecular weight is 487 g/mol. The molecule has 168 valence electrons. The number of amides is 2. The van der Waals surface area contributed by atoms with Gasteiger partial charge >= 0.3 is 0 Å². The standard InChI is InChI=1S/C22H16Cl2N4O5/c23-16-4-7-18(8-5-16)26-21(29)13-33-20-9-6-17(24)10-15(20)12-25-27-22(30)14-2-1-3-19(11-14)28(31)32/h1-12H,13H2,(H,26,29)(H,27,30)/b25-12+. The predicted octanol–water partition coefficient (Wildman–Crippen LogP) is 4.68. The molecule has 0 spiro atoms. The molecule has 3 rings (SSSR count). The number of hydrogen-bond acceptors (Lipinski definition) is 6. The second kappa shape index (κ2) is 11.1. The van der Waals surface area contributed by atoms with Crippen LogP contribution < -0.4 is 15.5 Å². The van der Waals surface area contributed by atoms with Gasteiger partial charge in [0.2, 0.25) is 0 Å². The average Bonchev–Trinajstić information content (AvgIpc) is 2.80. The summed E-state index contributed by atoms with van der Waals surface area (Å²) in [6, 6.07) is 16.5. The SMILES string of the molecule is O=C(COc1ccc(Cl)cc1/C=N/NC(=O)c1cccc([N+](=O)[O-])c1)Nc1ccc(Cl)cc1. The number of anilines is 1. The Morgan fingerprint density at radius 2 is 1.76 bits per heavy atom. The summed E-state index contributed by atoms with van der Waals surface area (Å²) in [5.74, 6) is -0.727. The number of nitrogens with zero attached hydrogens (tertiary/aromatic N) is 2. The number of halogens is 2. The number of non-ortho nitro benzene ring substituents is 1. The van der Waals surface area contributed by atoms with E-state index in [1.165, 1.54) is 30.5 Å². The fourth-order valence-electron chi connectivity index (χ4n) is 2.61. The van der Waals surface area contributed by atoms with E-state index in [1.807, 2.05) is 0 Å². The van der Waals surface area contributed by atoms with Crippen LogP contribution in [0.1, 0.15) is 15.9 Å². The molecule has 11 heteroatoms. The Morgan fingerprint density at radius 1 is 1.03 bits per heavy atom. The van der Waals surface area contributed by atoms with Gasteiger partial charge in [0, 0.05) is 39.0 Å². The lowest BCUT2D eigenvalue weighted by atomic mass is 10.2. The van der Waals surface area contributed by atoms with E-state index in [2.05, 4.69) is 15.8 Å². The van der Waals surface area contributed by atoms with E-state index in [0.717, 1.165) is 6.07 Å². The fourth-order valence-corrected chi connectivity index (χ4v) is 2.92. The molecule has 0 saturated heterocycles. The van der Waals surface area contributed by atoms with Gasteiger partial charge in [0.05, 0.1) is 11.1 Å². The van der Waals surface area contributed by atoms with Gasteiger partial charge in [-0.05, 0) is 48.5 Å². The minimum Gasteiger partial charge on any atom is -0.483 e. The van der Waals surface area contributed by atoms with Crippen LogP contribution in [-0.4, -0.2) is 29.6 Å². The maximum atomic E-state index is 12.2. The van der Waals surface area contributed by atoms with Crippen molar-refractivity contribution in [1.82, 2.24) is 5.43 Å². The minimum absolute atomic E-state index is 0.0720. The summed E-state index contributed by atoms with van der Waals surface area (Å²) in [6.07, 6.45) is 1.29. The van der Waals surface area contributed by atoms with E-state index in [4.69, 9.17) is 27.9 Å². The third-order valence-corrected chi connectivity index (χ3v) is 4.63. The lowest BCUT2D eigenvalue weighted by molar-refractivity contribution is -0.384. The first-order chi connectivity index (χ1) is 15.8. The third kappa shape index (κ3) is 7.03. The van der Waals surface area contributed by atoms with E-state index in [-0.39, 0.29) is 17.9 Å². The van der Waals surface area contributed by atoms with Crippen LogP contribution in [0.3, 0.4) is 0 Å². The molecule has 33 heavy (non-hydrogen) atoms. The smallest absolute Gasteiger partial charge is 0.271 e. The highest BCUT2D eigenvalue weighted by molar-refractivity contribution is 6.31. The van der Waals surface area contributed by atoms with Crippen LogP contribution in [0.2, 0.25) is 10.0 Å². The Kier molecular flexibility index (Phi) is 7.96. The molecule has 0 atom stereocenters. The molecular weight excluding hydrogens is 471 g/mol. The molecule has 0 aliphatic carbocycles. The topological polar surface area (TPSA) is 123 Å². The molecule has 9 nitrogen and oxygen atoms in total. The van der Waals surface area contributed by atoms with Crippen molar-refractivity contribution in [3.63, 3.8) is 0 Å². The molecule has 0 aromatic heterocycles. The number of carbonyl (C=O) groups excluding carboxylic acids is 2. The third-order valence-electron chi connectivity index (χ3n) is 4.15. The van der Waals surface area contributed by atoms with Gasteiger partial charge in [-0.15, -0.1) is 0 Å². The number of nitro benzene ring substituents is 1. The van der Waals surface area contributed by atoms with Gasteiger partial charge in [-0.2, -0.15) is 5.10 Å². The number of benzene rings is 3. The lowest BCUT2D eigenvalue weighted by Crippen LogP contribution is -2.20. The van der Waals surface area contributed by atoms with Crippen molar-refractivity contribution >= 4 is 52.6 Å². The summed E-state index contributed by atoms with van der Waals surface area (Å²) in [4.78, 5) is 34.6. The van der Waals surface area contributed by atoms with E-state index in [0.29, 0.717) is 27.0 Å². The number of hydrazone groups is 1. The molecule has 2 N–H and O–H groups in total. The molecule has 3 aromatic carbocycles. The Morgan fingerprint density at radius 3 is 2.48 bits per heavy atom. The summed E-state index contributed by atoms with van der Waals surface area (Å²) in [5.41, 5.74) is 3.11. The van der Waals surface area contributed by atoms with Gasteiger partial charge in [0.25, 0.3) is 17.5 Å². The maximum Gasteiger partial charge on any atom is 0.271 e. The quantitative estimate of drug-likeness (QED) is 0.271.